The van der Waals surface area contributed by atoms with Crippen LogP contribution in [0.2, 0.25) is 0 Å². The Morgan fingerprint density at radius 2 is 1.93 bits per heavy atom. The number of hydrogen-bond acceptors (Lipinski definition) is 3. The highest BCUT2D eigenvalue weighted by Gasteiger charge is 2.32. The van der Waals surface area contributed by atoms with Crippen molar-refractivity contribution in [1.82, 2.24) is 0 Å². The molecule has 0 heterocycles. The fourth-order valence-corrected chi connectivity index (χ4v) is 1.51. The van der Waals surface area contributed by atoms with Crippen molar-refractivity contribution in [1.29, 1.82) is 0 Å². The molecule has 0 fully saturated rings. The SMILES string of the molecule is CCOC(O)C(C)(O)c1ccc(Br)cc1. The van der Waals surface area contributed by atoms with Gasteiger partial charge in [-0.1, -0.05) is 28.1 Å². The molecule has 0 amide bonds. The topological polar surface area (TPSA) is 49.7 Å². The summed E-state index contributed by atoms with van der Waals surface area (Å²) in [5.41, 5.74) is -0.775. The maximum absolute atomic E-state index is 10.1. The second-order valence-electron chi connectivity index (χ2n) is 3.46. The van der Waals surface area contributed by atoms with Crippen molar-refractivity contribution in [3.8, 4) is 0 Å². The van der Waals surface area contributed by atoms with Gasteiger partial charge in [-0.25, -0.2) is 0 Å². The quantitative estimate of drug-likeness (QED) is 0.826. The summed E-state index contributed by atoms with van der Waals surface area (Å²) < 4.78 is 5.91. The molecule has 0 aromatic heterocycles. The summed E-state index contributed by atoms with van der Waals surface area (Å²) >= 11 is 3.30. The van der Waals surface area contributed by atoms with Gasteiger partial charge in [-0.2, -0.15) is 0 Å². The minimum Gasteiger partial charge on any atom is -0.380 e. The fourth-order valence-electron chi connectivity index (χ4n) is 1.25. The number of benzene rings is 1. The van der Waals surface area contributed by atoms with Gasteiger partial charge in [-0.3, -0.25) is 0 Å². The van der Waals surface area contributed by atoms with Crippen LogP contribution in [0.15, 0.2) is 28.7 Å². The molecular weight excluding hydrogens is 260 g/mol. The zero-order valence-electron chi connectivity index (χ0n) is 8.77. The number of halogens is 1. The summed E-state index contributed by atoms with van der Waals surface area (Å²) in [5, 5.41) is 19.7. The van der Waals surface area contributed by atoms with Gasteiger partial charge in [0.05, 0.1) is 0 Å². The second-order valence-corrected chi connectivity index (χ2v) is 4.38. The molecule has 2 unspecified atom stereocenters. The van der Waals surface area contributed by atoms with Gasteiger partial charge in [-0.15, -0.1) is 0 Å². The van der Waals surface area contributed by atoms with E-state index in [4.69, 9.17) is 4.74 Å². The summed E-state index contributed by atoms with van der Waals surface area (Å²) in [5.74, 6) is 0. The van der Waals surface area contributed by atoms with Gasteiger partial charge in [0.1, 0.15) is 5.60 Å². The average molecular weight is 275 g/mol. The van der Waals surface area contributed by atoms with Gasteiger partial charge in [0.15, 0.2) is 6.29 Å². The molecule has 0 saturated heterocycles. The third-order valence-electron chi connectivity index (χ3n) is 2.23. The van der Waals surface area contributed by atoms with Gasteiger partial charge in [0, 0.05) is 11.1 Å². The van der Waals surface area contributed by atoms with E-state index in [0.29, 0.717) is 12.2 Å². The molecule has 1 rings (SSSR count). The molecule has 0 aliphatic rings. The molecule has 0 saturated carbocycles. The summed E-state index contributed by atoms with van der Waals surface area (Å²) in [6.45, 7) is 3.64. The molecular formula is C11H15BrO3. The van der Waals surface area contributed by atoms with Gasteiger partial charge >= 0.3 is 0 Å². The monoisotopic (exact) mass is 274 g/mol. The van der Waals surface area contributed by atoms with Crippen LogP contribution in [0.1, 0.15) is 19.4 Å². The molecule has 0 radical (unpaired) electrons. The van der Waals surface area contributed by atoms with Gasteiger partial charge < -0.3 is 14.9 Å². The lowest BCUT2D eigenvalue weighted by atomic mass is 9.95. The van der Waals surface area contributed by atoms with Crippen LogP contribution in [0.25, 0.3) is 0 Å². The van der Waals surface area contributed by atoms with Crippen LogP contribution in [0.4, 0.5) is 0 Å². The van der Waals surface area contributed by atoms with Crippen LogP contribution in [0.3, 0.4) is 0 Å². The number of hydrogen-bond donors (Lipinski definition) is 2. The molecule has 84 valence electrons. The van der Waals surface area contributed by atoms with Crippen molar-refractivity contribution < 1.29 is 14.9 Å². The van der Waals surface area contributed by atoms with E-state index in [-0.39, 0.29) is 0 Å². The minimum atomic E-state index is -1.39. The van der Waals surface area contributed by atoms with Gasteiger partial charge in [-0.05, 0) is 31.5 Å². The predicted molar refractivity (Wildman–Crippen MR) is 61.3 cm³/mol. The molecule has 4 heteroatoms. The summed E-state index contributed by atoms with van der Waals surface area (Å²) in [6, 6.07) is 7.10. The first-order valence-corrected chi connectivity index (χ1v) is 5.56. The standard InChI is InChI=1S/C11H15BrO3/c1-3-15-10(13)11(2,14)8-4-6-9(12)7-5-8/h4-7,10,13-14H,3H2,1-2H3. The van der Waals surface area contributed by atoms with Crippen LogP contribution in [-0.2, 0) is 10.3 Å². The lowest BCUT2D eigenvalue weighted by Gasteiger charge is -2.29. The van der Waals surface area contributed by atoms with Crippen LogP contribution in [-0.4, -0.2) is 23.1 Å². The molecule has 15 heavy (non-hydrogen) atoms. The summed E-state index contributed by atoms with van der Waals surface area (Å²) in [6.07, 6.45) is -1.22. The molecule has 2 atom stereocenters. The van der Waals surface area contributed by atoms with E-state index in [0.717, 1.165) is 4.47 Å². The highest BCUT2D eigenvalue weighted by atomic mass is 79.9. The molecule has 0 spiro atoms. The Hall–Kier alpha value is -0.420. The first kappa shape index (κ1) is 12.6. The Kier molecular flexibility index (Phi) is 4.28. The van der Waals surface area contributed by atoms with Gasteiger partial charge in [0.25, 0.3) is 0 Å². The maximum atomic E-state index is 10.1. The smallest absolute Gasteiger partial charge is 0.187 e. The van der Waals surface area contributed by atoms with Crippen molar-refractivity contribution in [3.05, 3.63) is 34.3 Å². The summed E-state index contributed by atoms with van der Waals surface area (Å²) in [4.78, 5) is 0. The molecule has 0 aliphatic carbocycles. The minimum absolute atomic E-state index is 0.355. The van der Waals surface area contributed by atoms with Crippen molar-refractivity contribution in [2.75, 3.05) is 6.61 Å². The fraction of sp³-hybridized carbons (Fsp3) is 0.455. The van der Waals surface area contributed by atoms with Crippen LogP contribution >= 0.6 is 15.9 Å². The Morgan fingerprint density at radius 3 is 2.40 bits per heavy atom. The molecule has 0 bridgehead atoms. The Labute approximate surface area is 97.8 Å². The molecule has 3 nitrogen and oxygen atoms in total. The number of aliphatic hydroxyl groups is 2. The highest BCUT2D eigenvalue weighted by Crippen LogP contribution is 2.26. The molecule has 2 N–H and O–H groups in total. The first-order valence-electron chi connectivity index (χ1n) is 4.76. The third-order valence-corrected chi connectivity index (χ3v) is 2.76. The van der Waals surface area contributed by atoms with E-state index in [2.05, 4.69) is 15.9 Å². The highest BCUT2D eigenvalue weighted by molar-refractivity contribution is 9.10. The number of rotatable bonds is 4. The lowest BCUT2D eigenvalue weighted by Crippen LogP contribution is -2.38. The van der Waals surface area contributed by atoms with Crippen LogP contribution in [0, 0.1) is 0 Å². The Morgan fingerprint density at radius 1 is 1.40 bits per heavy atom. The van der Waals surface area contributed by atoms with Crippen molar-refractivity contribution in [2.45, 2.75) is 25.7 Å². The van der Waals surface area contributed by atoms with Crippen molar-refractivity contribution in [2.24, 2.45) is 0 Å². The average Bonchev–Trinajstić information content (AvgIpc) is 2.18. The molecule has 1 aromatic rings. The van der Waals surface area contributed by atoms with Crippen molar-refractivity contribution in [3.63, 3.8) is 0 Å². The number of ether oxygens (including phenoxy) is 1. The largest absolute Gasteiger partial charge is 0.380 e. The number of aliphatic hydroxyl groups excluding tert-OH is 1. The van der Waals surface area contributed by atoms with E-state index in [1.165, 1.54) is 6.92 Å². The zero-order valence-corrected chi connectivity index (χ0v) is 10.4. The first-order chi connectivity index (χ1) is 6.98. The summed E-state index contributed by atoms with van der Waals surface area (Å²) in [7, 11) is 0. The van der Waals surface area contributed by atoms with E-state index >= 15 is 0 Å². The molecule has 1 aromatic carbocycles. The van der Waals surface area contributed by atoms with Crippen molar-refractivity contribution >= 4 is 15.9 Å². The maximum Gasteiger partial charge on any atom is 0.187 e. The Balaban J connectivity index is 2.89. The predicted octanol–water partition coefficient (Wildman–Crippen LogP) is 2.01. The van der Waals surface area contributed by atoms with E-state index in [1.54, 1.807) is 19.1 Å². The van der Waals surface area contributed by atoms with E-state index < -0.39 is 11.9 Å². The van der Waals surface area contributed by atoms with Crippen LogP contribution in [0.5, 0.6) is 0 Å². The van der Waals surface area contributed by atoms with E-state index in [1.807, 2.05) is 12.1 Å². The van der Waals surface area contributed by atoms with E-state index in [9.17, 15) is 10.2 Å². The molecule has 0 aliphatic heterocycles. The normalized spacial score (nSPS) is 17.1. The van der Waals surface area contributed by atoms with Crippen LogP contribution < -0.4 is 0 Å². The van der Waals surface area contributed by atoms with Gasteiger partial charge in [0.2, 0.25) is 0 Å². The zero-order chi connectivity index (χ0) is 11.5. The third kappa shape index (κ3) is 3.01. The Bertz CT molecular complexity index is 308. The second kappa shape index (κ2) is 5.07. The lowest BCUT2D eigenvalue weighted by molar-refractivity contribution is -0.208.